The summed E-state index contributed by atoms with van der Waals surface area (Å²) < 4.78 is 38.5. The lowest BCUT2D eigenvalue weighted by atomic mass is 10.3. The molecule has 0 atom stereocenters. The molecule has 0 bridgehead atoms. The molecule has 21 heavy (non-hydrogen) atoms. The fourth-order valence-electron chi connectivity index (χ4n) is 1.72. The molecule has 5 nitrogen and oxygen atoms in total. The highest BCUT2D eigenvalue weighted by Crippen LogP contribution is 2.30. The van der Waals surface area contributed by atoms with Gasteiger partial charge in [0.1, 0.15) is 0 Å². The highest BCUT2D eigenvalue weighted by atomic mass is 127. The molecule has 0 aliphatic rings. The average Bonchev–Trinajstić information content (AvgIpc) is 2.48. The van der Waals surface area contributed by atoms with Crippen molar-refractivity contribution in [1.82, 2.24) is 0 Å². The topological polar surface area (TPSA) is 64.6 Å². The first-order chi connectivity index (χ1) is 9.96. The third-order valence-electron chi connectivity index (χ3n) is 2.76. The number of halogens is 1. The minimum atomic E-state index is -3.67. The van der Waals surface area contributed by atoms with Gasteiger partial charge in [0.05, 0.1) is 19.1 Å². The van der Waals surface area contributed by atoms with Crippen LogP contribution in [-0.4, -0.2) is 22.6 Å². The Balaban J connectivity index is 2.33. The number of nitrogens with one attached hydrogen (secondary N) is 1. The van der Waals surface area contributed by atoms with Crippen LogP contribution in [0.15, 0.2) is 47.4 Å². The summed E-state index contributed by atoms with van der Waals surface area (Å²) in [5.41, 5.74) is 0.505. The Kier molecular flexibility index (Phi) is 4.94. The molecule has 0 heterocycles. The van der Waals surface area contributed by atoms with Gasteiger partial charge < -0.3 is 9.47 Å². The number of hydrogen-bond donors (Lipinski definition) is 1. The van der Waals surface area contributed by atoms with E-state index in [2.05, 4.69) is 27.3 Å². The second-order valence-corrected chi connectivity index (χ2v) is 7.06. The largest absolute Gasteiger partial charge is 0.493 e. The first kappa shape index (κ1) is 15.9. The van der Waals surface area contributed by atoms with Crippen LogP contribution in [0, 0.1) is 3.57 Å². The van der Waals surface area contributed by atoms with Gasteiger partial charge in [0, 0.05) is 15.3 Å². The van der Waals surface area contributed by atoms with E-state index in [-0.39, 0.29) is 4.90 Å². The van der Waals surface area contributed by atoms with E-state index < -0.39 is 10.0 Å². The van der Waals surface area contributed by atoms with Gasteiger partial charge in [-0.05, 0) is 59.0 Å². The Hall–Kier alpha value is -1.48. The molecule has 0 aliphatic heterocycles. The van der Waals surface area contributed by atoms with Crippen molar-refractivity contribution in [1.29, 1.82) is 0 Å². The SMILES string of the molecule is COc1ccc(S(=O)(=O)Nc2ccc(I)cc2)cc1OC. The Morgan fingerprint density at radius 3 is 2.14 bits per heavy atom. The van der Waals surface area contributed by atoms with E-state index in [4.69, 9.17) is 9.47 Å². The van der Waals surface area contributed by atoms with Gasteiger partial charge >= 0.3 is 0 Å². The quantitative estimate of drug-likeness (QED) is 0.757. The summed E-state index contributed by atoms with van der Waals surface area (Å²) in [5.74, 6) is 0.841. The maximum Gasteiger partial charge on any atom is 0.262 e. The van der Waals surface area contributed by atoms with Crippen LogP contribution >= 0.6 is 22.6 Å². The Morgan fingerprint density at radius 1 is 0.952 bits per heavy atom. The number of hydrogen-bond acceptors (Lipinski definition) is 4. The van der Waals surface area contributed by atoms with E-state index >= 15 is 0 Å². The summed E-state index contributed by atoms with van der Waals surface area (Å²) in [6, 6.07) is 11.5. The van der Waals surface area contributed by atoms with Crippen LogP contribution in [0.25, 0.3) is 0 Å². The average molecular weight is 419 g/mol. The van der Waals surface area contributed by atoms with Crippen LogP contribution in [-0.2, 0) is 10.0 Å². The monoisotopic (exact) mass is 419 g/mol. The van der Waals surface area contributed by atoms with Crippen LogP contribution in [0.1, 0.15) is 0 Å². The van der Waals surface area contributed by atoms with Crippen LogP contribution in [0.2, 0.25) is 0 Å². The lowest BCUT2D eigenvalue weighted by Crippen LogP contribution is -2.13. The lowest BCUT2D eigenvalue weighted by molar-refractivity contribution is 0.354. The minimum absolute atomic E-state index is 0.110. The zero-order chi connectivity index (χ0) is 15.5. The molecule has 0 saturated carbocycles. The van der Waals surface area contributed by atoms with Crippen LogP contribution in [0.4, 0.5) is 5.69 Å². The standard InChI is InChI=1S/C14H14INO4S/c1-19-13-8-7-12(9-14(13)20-2)21(17,18)16-11-5-3-10(15)4-6-11/h3-9,16H,1-2H3. The molecule has 2 aromatic rings. The maximum atomic E-state index is 12.3. The van der Waals surface area contributed by atoms with Crippen molar-refractivity contribution in [2.45, 2.75) is 4.90 Å². The van der Waals surface area contributed by atoms with Gasteiger partial charge in [-0.15, -0.1) is 0 Å². The van der Waals surface area contributed by atoms with E-state index in [1.165, 1.54) is 26.4 Å². The second kappa shape index (κ2) is 6.52. The van der Waals surface area contributed by atoms with Gasteiger partial charge in [-0.2, -0.15) is 0 Å². The summed E-state index contributed by atoms with van der Waals surface area (Å²) in [5, 5.41) is 0. The molecule has 2 aromatic carbocycles. The number of methoxy groups -OCH3 is 2. The number of anilines is 1. The molecule has 2 rings (SSSR count). The third-order valence-corrected chi connectivity index (χ3v) is 4.86. The summed E-state index contributed by atoms with van der Waals surface area (Å²) in [4.78, 5) is 0.110. The van der Waals surface area contributed by atoms with E-state index in [0.717, 1.165) is 3.57 Å². The van der Waals surface area contributed by atoms with Gasteiger partial charge in [-0.25, -0.2) is 8.42 Å². The lowest BCUT2D eigenvalue weighted by Gasteiger charge is -2.11. The van der Waals surface area contributed by atoms with Crippen molar-refractivity contribution in [2.75, 3.05) is 18.9 Å². The fourth-order valence-corrected chi connectivity index (χ4v) is 3.15. The number of sulfonamides is 1. The molecule has 1 N–H and O–H groups in total. The molecule has 7 heteroatoms. The summed E-state index contributed by atoms with van der Waals surface area (Å²) >= 11 is 2.15. The first-order valence-corrected chi connectivity index (χ1v) is 8.53. The minimum Gasteiger partial charge on any atom is -0.493 e. The molecule has 0 unspecified atom stereocenters. The predicted octanol–water partition coefficient (Wildman–Crippen LogP) is 3.11. The van der Waals surface area contributed by atoms with Crippen molar-refractivity contribution >= 4 is 38.3 Å². The molecule has 0 saturated heterocycles. The molecule has 112 valence electrons. The zero-order valence-corrected chi connectivity index (χ0v) is 14.4. The number of rotatable bonds is 5. The molecule has 0 spiro atoms. The molecule has 0 aromatic heterocycles. The summed E-state index contributed by atoms with van der Waals surface area (Å²) in [6.45, 7) is 0. The van der Waals surface area contributed by atoms with E-state index in [1.54, 1.807) is 18.2 Å². The summed E-state index contributed by atoms with van der Waals surface area (Å²) in [6.07, 6.45) is 0. The third kappa shape index (κ3) is 3.79. The molecule has 0 amide bonds. The highest BCUT2D eigenvalue weighted by Gasteiger charge is 2.17. The Morgan fingerprint density at radius 2 is 1.57 bits per heavy atom. The van der Waals surface area contributed by atoms with E-state index in [1.807, 2.05) is 12.1 Å². The van der Waals surface area contributed by atoms with Crippen LogP contribution in [0.5, 0.6) is 11.5 Å². The van der Waals surface area contributed by atoms with Crippen LogP contribution < -0.4 is 14.2 Å². The summed E-state index contributed by atoms with van der Waals surface area (Å²) in [7, 11) is -0.717. The number of benzene rings is 2. The van der Waals surface area contributed by atoms with E-state index in [0.29, 0.717) is 17.2 Å². The molecular weight excluding hydrogens is 405 g/mol. The van der Waals surface area contributed by atoms with Gasteiger partial charge in [-0.1, -0.05) is 0 Å². The highest BCUT2D eigenvalue weighted by molar-refractivity contribution is 14.1. The fraction of sp³-hybridized carbons (Fsp3) is 0.143. The van der Waals surface area contributed by atoms with Crippen LogP contribution in [0.3, 0.4) is 0 Å². The Labute approximate surface area is 137 Å². The predicted molar refractivity (Wildman–Crippen MR) is 89.5 cm³/mol. The molecule has 0 aliphatic carbocycles. The van der Waals surface area contributed by atoms with Crippen molar-refractivity contribution in [3.05, 3.63) is 46.0 Å². The molecule has 0 radical (unpaired) electrons. The van der Waals surface area contributed by atoms with Crippen molar-refractivity contribution in [2.24, 2.45) is 0 Å². The maximum absolute atomic E-state index is 12.3. The van der Waals surface area contributed by atoms with Gasteiger partial charge in [-0.3, -0.25) is 4.72 Å². The van der Waals surface area contributed by atoms with E-state index in [9.17, 15) is 8.42 Å². The number of ether oxygens (including phenoxy) is 2. The smallest absolute Gasteiger partial charge is 0.262 e. The second-order valence-electron chi connectivity index (χ2n) is 4.13. The normalized spacial score (nSPS) is 11.0. The van der Waals surface area contributed by atoms with Crippen molar-refractivity contribution < 1.29 is 17.9 Å². The van der Waals surface area contributed by atoms with Gasteiger partial charge in [0.2, 0.25) is 0 Å². The van der Waals surface area contributed by atoms with Crippen molar-refractivity contribution in [3.8, 4) is 11.5 Å². The van der Waals surface area contributed by atoms with Crippen molar-refractivity contribution in [3.63, 3.8) is 0 Å². The molecular formula is C14H14INO4S. The molecule has 0 fully saturated rings. The zero-order valence-electron chi connectivity index (χ0n) is 11.5. The Bertz CT molecular complexity index is 729. The van der Waals surface area contributed by atoms with Gasteiger partial charge in [0.25, 0.3) is 10.0 Å². The first-order valence-electron chi connectivity index (χ1n) is 5.96. The van der Waals surface area contributed by atoms with Gasteiger partial charge in [0.15, 0.2) is 11.5 Å².